The lowest BCUT2D eigenvalue weighted by atomic mass is 9.92. The molecule has 0 radical (unpaired) electrons. The highest BCUT2D eigenvalue weighted by atomic mass is 16.9. The van der Waals surface area contributed by atoms with Gasteiger partial charge in [-0.3, -0.25) is 0 Å². The molecule has 0 aliphatic carbocycles. The fraction of sp³-hybridized carbons (Fsp3) is 0.929. The van der Waals surface area contributed by atoms with Crippen molar-refractivity contribution in [2.75, 3.05) is 20.2 Å². The van der Waals surface area contributed by atoms with E-state index < -0.39 is 5.60 Å². The lowest BCUT2D eigenvalue weighted by Crippen LogP contribution is -2.56. The van der Waals surface area contributed by atoms with Gasteiger partial charge in [0.2, 0.25) is 0 Å². The maximum atomic E-state index is 12.1. The van der Waals surface area contributed by atoms with Crippen LogP contribution in [0.5, 0.6) is 0 Å². The highest BCUT2D eigenvalue weighted by Gasteiger charge is 2.43. The van der Waals surface area contributed by atoms with Gasteiger partial charge in [-0.15, -0.1) is 0 Å². The Hall–Kier alpha value is -0.850. The molecule has 2 rings (SSSR count). The lowest BCUT2D eigenvalue weighted by Gasteiger charge is -2.45. The van der Waals surface area contributed by atoms with Crippen LogP contribution in [-0.4, -0.2) is 55.5 Å². The van der Waals surface area contributed by atoms with Crippen LogP contribution in [0.4, 0.5) is 4.79 Å². The second-order valence-corrected chi connectivity index (χ2v) is 6.36. The van der Waals surface area contributed by atoms with Crippen molar-refractivity contribution in [3.05, 3.63) is 0 Å². The van der Waals surface area contributed by atoms with E-state index in [2.05, 4.69) is 0 Å². The first-order valence-corrected chi connectivity index (χ1v) is 7.12. The van der Waals surface area contributed by atoms with Crippen LogP contribution < -0.4 is 0 Å². The minimum Gasteiger partial charge on any atom is -0.444 e. The molecule has 1 amide bonds. The van der Waals surface area contributed by atoms with Gasteiger partial charge in [0.25, 0.3) is 0 Å². The number of carbonyl (C=O) groups excluding carboxylic acids is 1. The van der Waals surface area contributed by atoms with Crippen molar-refractivity contribution < 1.29 is 23.7 Å². The van der Waals surface area contributed by atoms with Gasteiger partial charge in [-0.25, -0.2) is 4.79 Å². The van der Waals surface area contributed by atoms with E-state index in [1.165, 1.54) is 0 Å². The second-order valence-electron chi connectivity index (χ2n) is 6.36. The third kappa shape index (κ3) is 3.62. The molecule has 0 aromatic rings. The summed E-state index contributed by atoms with van der Waals surface area (Å²) in [6, 6.07) is 0. The van der Waals surface area contributed by atoms with Crippen LogP contribution in [0, 0.1) is 5.92 Å². The van der Waals surface area contributed by atoms with Gasteiger partial charge in [0.05, 0.1) is 12.6 Å². The van der Waals surface area contributed by atoms with Crippen molar-refractivity contribution in [1.29, 1.82) is 0 Å². The molecule has 0 aromatic heterocycles. The SMILES string of the molecule is COC1CN(C(=O)OC(C)(C)C)CCC1C1OC(C)O1. The van der Waals surface area contributed by atoms with Crippen LogP contribution in [0.3, 0.4) is 0 Å². The van der Waals surface area contributed by atoms with Crippen LogP contribution in [0.25, 0.3) is 0 Å². The molecular formula is C14H25NO5. The summed E-state index contributed by atoms with van der Waals surface area (Å²) in [5.74, 6) is 0.162. The van der Waals surface area contributed by atoms with Crippen LogP contribution >= 0.6 is 0 Å². The Bertz CT molecular complexity index is 348. The van der Waals surface area contributed by atoms with Crippen LogP contribution in [0.1, 0.15) is 34.1 Å². The predicted octanol–water partition coefficient (Wildman–Crippen LogP) is 1.98. The molecule has 2 atom stereocenters. The maximum absolute atomic E-state index is 12.1. The summed E-state index contributed by atoms with van der Waals surface area (Å²) in [7, 11) is 1.65. The lowest BCUT2D eigenvalue weighted by molar-refractivity contribution is -0.400. The van der Waals surface area contributed by atoms with Gasteiger partial charge >= 0.3 is 6.09 Å². The van der Waals surface area contributed by atoms with Gasteiger partial charge in [-0.05, 0) is 34.1 Å². The first-order chi connectivity index (χ1) is 9.30. The number of methoxy groups -OCH3 is 1. The number of hydrogen-bond donors (Lipinski definition) is 0. The van der Waals surface area contributed by atoms with Gasteiger partial charge < -0.3 is 23.8 Å². The molecule has 2 heterocycles. The third-order valence-electron chi connectivity index (χ3n) is 3.57. The standard InChI is InChI=1S/C14H25NO5/c1-9-18-12(19-9)10-6-7-15(8-11(10)17-5)13(16)20-14(2,3)4/h9-12H,6-8H2,1-5H3. The Labute approximate surface area is 120 Å². The molecule has 0 aromatic carbocycles. The van der Waals surface area contributed by atoms with E-state index in [0.29, 0.717) is 13.1 Å². The topological polar surface area (TPSA) is 57.2 Å². The van der Waals surface area contributed by atoms with E-state index in [9.17, 15) is 4.79 Å². The van der Waals surface area contributed by atoms with Gasteiger partial charge in [-0.1, -0.05) is 0 Å². The number of amides is 1. The maximum Gasteiger partial charge on any atom is 0.410 e. The summed E-state index contributed by atoms with van der Waals surface area (Å²) in [5, 5.41) is 0. The zero-order valence-electron chi connectivity index (χ0n) is 12.9. The second kappa shape index (κ2) is 5.87. The van der Waals surface area contributed by atoms with Gasteiger partial charge in [0, 0.05) is 19.6 Å². The van der Waals surface area contributed by atoms with Gasteiger partial charge in [0.1, 0.15) is 5.60 Å². The van der Waals surface area contributed by atoms with E-state index in [4.69, 9.17) is 18.9 Å². The molecule has 0 saturated carbocycles. The first-order valence-electron chi connectivity index (χ1n) is 7.12. The normalized spacial score (nSPS) is 34.5. The molecule has 2 unspecified atom stereocenters. The molecular weight excluding hydrogens is 262 g/mol. The summed E-state index contributed by atoms with van der Waals surface area (Å²) >= 11 is 0. The number of likely N-dealkylation sites (tertiary alicyclic amines) is 1. The van der Waals surface area contributed by atoms with Crippen molar-refractivity contribution in [3.63, 3.8) is 0 Å². The average molecular weight is 287 g/mol. The predicted molar refractivity (Wildman–Crippen MR) is 72.1 cm³/mol. The Balaban J connectivity index is 1.90. The van der Waals surface area contributed by atoms with Crippen molar-refractivity contribution in [2.24, 2.45) is 5.92 Å². The van der Waals surface area contributed by atoms with Gasteiger partial charge in [-0.2, -0.15) is 0 Å². The van der Waals surface area contributed by atoms with E-state index >= 15 is 0 Å². The summed E-state index contributed by atoms with van der Waals surface area (Å²) in [4.78, 5) is 13.8. The number of nitrogens with zero attached hydrogens (tertiary/aromatic N) is 1. The Morgan fingerprint density at radius 3 is 2.45 bits per heavy atom. The molecule has 2 aliphatic heterocycles. The molecule has 2 fully saturated rings. The number of piperidine rings is 1. The monoisotopic (exact) mass is 287 g/mol. The fourth-order valence-electron chi connectivity index (χ4n) is 2.58. The minimum atomic E-state index is -0.480. The molecule has 20 heavy (non-hydrogen) atoms. The molecule has 0 N–H and O–H groups in total. The molecule has 0 bridgehead atoms. The quantitative estimate of drug-likeness (QED) is 0.777. The molecule has 2 saturated heterocycles. The largest absolute Gasteiger partial charge is 0.444 e. The molecule has 116 valence electrons. The van der Waals surface area contributed by atoms with E-state index in [0.717, 1.165) is 6.42 Å². The molecule has 2 aliphatic rings. The average Bonchev–Trinajstić information content (AvgIpc) is 2.32. The highest BCUT2D eigenvalue weighted by Crippen LogP contribution is 2.32. The Morgan fingerprint density at radius 2 is 1.95 bits per heavy atom. The smallest absolute Gasteiger partial charge is 0.410 e. The fourth-order valence-corrected chi connectivity index (χ4v) is 2.58. The first kappa shape index (κ1) is 15.5. The van der Waals surface area contributed by atoms with Crippen molar-refractivity contribution in [3.8, 4) is 0 Å². The summed E-state index contributed by atoms with van der Waals surface area (Å²) in [6.07, 6.45) is 0.0579. The zero-order chi connectivity index (χ0) is 14.9. The number of rotatable bonds is 2. The van der Waals surface area contributed by atoms with Crippen LogP contribution in [0.2, 0.25) is 0 Å². The van der Waals surface area contributed by atoms with Crippen LogP contribution in [0.15, 0.2) is 0 Å². The van der Waals surface area contributed by atoms with E-state index in [1.807, 2.05) is 27.7 Å². The van der Waals surface area contributed by atoms with Crippen molar-refractivity contribution in [2.45, 2.75) is 58.4 Å². The van der Waals surface area contributed by atoms with Crippen LogP contribution in [-0.2, 0) is 18.9 Å². The van der Waals surface area contributed by atoms with Crippen molar-refractivity contribution in [1.82, 2.24) is 4.90 Å². The van der Waals surface area contributed by atoms with E-state index in [-0.39, 0.29) is 30.7 Å². The molecule has 6 nitrogen and oxygen atoms in total. The Kier molecular flexibility index (Phi) is 4.56. The summed E-state index contributed by atoms with van der Waals surface area (Å²) < 4.78 is 22.0. The van der Waals surface area contributed by atoms with E-state index in [1.54, 1.807) is 12.0 Å². The number of ether oxygens (including phenoxy) is 4. The number of carbonyl (C=O) groups is 1. The summed E-state index contributed by atoms with van der Waals surface area (Å²) in [5.41, 5.74) is -0.480. The Morgan fingerprint density at radius 1 is 1.30 bits per heavy atom. The third-order valence-corrected chi connectivity index (χ3v) is 3.57. The zero-order valence-corrected chi connectivity index (χ0v) is 12.9. The summed E-state index contributed by atoms with van der Waals surface area (Å²) in [6.45, 7) is 8.60. The van der Waals surface area contributed by atoms with Gasteiger partial charge in [0.15, 0.2) is 12.6 Å². The number of hydrogen-bond acceptors (Lipinski definition) is 5. The molecule has 6 heteroatoms. The molecule has 0 spiro atoms. The highest BCUT2D eigenvalue weighted by molar-refractivity contribution is 5.68. The minimum absolute atomic E-state index is 0.0891. The van der Waals surface area contributed by atoms with Crippen molar-refractivity contribution >= 4 is 6.09 Å².